The molecule has 1 N–H and O–H groups in total. The van der Waals surface area contributed by atoms with Crippen molar-refractivity contribution in [1.82, 2.24) is 0 Å². The molecule has 1 amide bonds. The van der Waals surface area contributed by atoms with Crippen LogP contribution in [0.1, 0.15) is 13.8 Å². The van der Waals surface area contributed by atoms with Crippen LogP contribution in [0.4, 0.5) is 10.1 Å². The van der Waals surface area contributed by atoms with Crippen molar-refractivity contribution in [3.8, 4) is 0 Å². The van der Waals surface area contributed by atoms with E-state index in [-0.39, 0.29) is 6.61 Å². The summed E-state index contributed by atoms with van der Waals surface area (Å²) in [6.45, 7) is 3.19. The third-order valence-electron chi connectivity index (χ3n) is 2.42. The van der Waals surface area contributed by atoms with E-state index in [9.17, 15) is 18.8 Å². The van der Waals surface area contributed by atoms with Gasteiger partial charge in [-0.25, -0.2) is 14.0 Å². The van der Waals surface area contributed by atoms with Crippen molar-refractivity contribution in [1.29, 1.82) is 0 Å². The van der Waals surface area contributed by atoms with Crippen LogP contribution in [0.15, 0.2) is 36.4 Å². The van der Waals surface area contributed by atoms with Crippen molar-refractivity contribution in [2.75, 3.05) is 11.9 Å². The summed E-state index contributed by atoms with van der Waals surface area (Å²) < 4.78 is 22.1. The number of hydrogen-bond donors (Lipinski definition) is 1. The quantitative estimate of drug-likeness (QED) is 0.640. The maximum Gasteiger partial charge on any atom is 0.331 e. The van der Waals surface area contributed by atoms with Crippen molar-refractivity contribution in [3.05, 3.63) is 42.2 Å². The minimum Gasteiger partial charge on any atom is -0.463 e. The normalized spacial score (nSPS) is 11.8. The molecule has 0 aliphatic heterocycles. The molecule has 0 radical (unpaired) electrons. The van der Waals surface area contributed by atoms with Gasteiger partial charge in [0.2, 0.25) is 0 Å². The second-order valence-corrected chi connectivity index (χ2v) is 4.16. The second kappa shape index (κ2) is 8.56. The number of anilines is 1. The van der Waals surface area contributed by atoms with Gasteiger partial charge in [0.15, 0.2) is 6.10 Å². The molecule has 0 aliphatic carbocycles. The number of benzene rings is 1. The molecule has 0 saturated carbocycles. The molecular formula is C15H16FNO5. The lowest BCUT2D eigenvalue weighted by Crippen LogP contribution is -2.29. The molecule has 1 aromatic carbocycles. The Morgan fingerprint density at radius 1 is 1.18 bits per heavy atom. The molecule has 0 saturated heterocycles. The molecule has 1 rings (SSSR count). The Morgan fingerprint density at radius 2 is 1.77 bits per heavy atom. The van der Waals surface area contributed by atoms with Crippen LogP contribution in [0.2, 0.25) is 0 Å². The molecule has 0 bridgehead atoms. The molecule has 1 atom stereocenters. The maximum absolute atomic E-state index is 12.7. The van der Waals surface area contributed by atoms with Crippen molar-refractivity contribution >= 4 is 23.5 Å². The number of amides is 1. The molecule has 0 aromatic heterocycles. The summed E-state index contributed by atoms with van der Waals surface area (Å²) in [5.41, 5.74) is 0.372. The van der Waals surface area contributed by atoms with Crippen LogP contribution in [0.25, 0.3) is 0 Å². The van der Waals surface area contributed by atoms with E-state index in [4.69, 9.17) is 4.74 Å². The van der Waals surface area contributed by atoms with Crippen LogP contribution < -0.4 is 5.32 Å². The van der Waals surface area contributed by atoms with E-state index in [1.54, 1.807) is 6.92 Å². The van der Waals surface area contributed by atoms with Crippen LogP contribution >= 0.6 is 0 Å². The zero-order valence-corrected chi connectivity index (χ0v) is 12.2. The fraction of sp³-hybridized carbons (Fsp3) is 0.267. The van der Waals surface area contributed by atoms with E-state index < -0.39 is 29.8 Å². The fourth-order valence-electron chi connectivity index (χ4n) is 1.37. The summed E-state index contributed by atoms with van der Waals surface area (Å²) in [6.07, 6.45) is 0.709. The fourth-order valence-corrected chi connectivity index (χ4v) is 1.37. The van der Waals surface area contributed by atoms with Crippen LogP contribution in [-0.2, 0) is 23.9 Å². The zero-order chi connectivity index (χ0) is 16.5. The summed E-state index contributed by atoms with van der Waals surface area (Å²) in [5.74, 6) is -2.54. The monoisotopic (exact) mass is 309 g/mol. The third kappa shape index (κ3) is 6.17. The predicted molar refractivity (Wildman–Crippen MR) is 76.4 cm³/mol. The van der Waals surface area contributed by atoms with Crippen LogP contribution in [0.3, 0.4) is 0 Å². The van der Waals surface area contributed by atoms with Gasteiger partial charge in [-0.3, -0.25) is 4.79 Å². The van der Waals surface area contributed by atoms with Gasteiger partial charge < -0.3 is 14.8 Å². The van der Waals surface area contributed by atoms with E-state index in [0.717, 1.165) is 12.2 Å². The van der Waals surface area contributed by atoms with Crippen LogP contribution in [0.5, 0.6) is 0 Å². The Balaban J connectivity index is 2.48. The molecule has 22 heavy (non-hydrogen) atoms. The summed E-state index contributed by atoms with van der Waals surface area (Å²) >= 11 is 0. The molecule has 6 nitrogen and oxygen atoms in total. The van der Waals surface area contributed by atoms with E-state index in [2.05, 4.69) is 10.1 Å². The van der Waals surface area contributed by atoms with Gasteiger partial charge >= 0.3 is 11.9 Å². The number of rotatable bonds is 6. The minimum atomic E-state index is -1.08. The highest BCUT2D eigenvalue weighted by Crippen LogP contribution is 2.09. The first-order chi connectivity index (χ1) is 10.4. The summed E-state index contributed by atoms with van der Waals surface area (Å²) in [7, 11) is 0. The Hall–Kier alpha value is -2.70. The molecule has 0 aliphatic rings. The smallest absolute Gasteiger partial charge is 0.331 e. The van der Waals surface area contributed by atoms with Gasteiger partial charge in [-0.15, -0.1) is 0 Å². The molecule has 118 valence electrons. The standard InChI is InChI=1S/C15H16FNO5/c1-3-21-13(18)8-9-14(19)22-10(2)15(20)17-12-6-4-11(16)5-7-12/h4-10H,3H2,1-2H3,(H,17,20)/b9-8+. The molecule has 1 aromatic rings. The Morgan fingerprint density at radius 3 is 2.36 bits per heavy atom. The molecule has 0 spiro atoms. The predicted octanol–water partition coefficient (Wildman–Crippen LogP) is 1.82. The largest absolute Gasteiger partial charge is 0.463 e. The first-order valence-electron chi connectivity index (χ1n) is 6.54. The van der Waals surface area contributed by atoms with Crippen molar-refractivity contribution in [2.24, 2.45) is 0 Å². The van der Waals surface area contributed by atoms with Gasteiger partial charge in [-0.2, -0.15) is 0 Å². The highest BCUT2D eigenvalue weighted by molar-refractivity contribution is 5.97. The van der Waals surface area contributed by atoms with Gasteiger partial charge in [0.1, 0.15) is 5.82 Å². The van der Waals surface area contributed by atoms with Gasteiger partial charge in [-0.1, -0.05) is 0 Å². The van der Waals surface area contributed by atoms with Crippen LogP contribution in [-0.4, -0.2) is 30.6 Å². The maximum atomic E-state index is 12.7. The van der Waals surface area contributed by atoms with E-state index in [1.807, 2.05) is 0 Å². The first-order valence-corrected chi connectivity index (χ1v) is 6.54. The van der Waals surface area contributed by atoms with Gasteiger partial charge in [0.25, 0.3) is 5.91 Å². The number of carbonyl (C=O) groups is 3. The van der Waals surface area contributed by atoms with Crippen molar-refractivity contribution < 1.29 is 28.2 Å². The van der Waals surface area contributed by atoms with Gasteiger partial charge in [0, 0.05) is 17.8 Å². The van der Waals surface area contributed by atoms with Gasteiger partial charge in [0.05, 0.1) is 6.61 Å². The summed E-state index contributed by atoms with van der Waals surface area (Å²) in [5, 5.41) is 2.46. The number of halogens is 1. The first kappa shape index (κ1) is 17.4. The molecule has 7 heteroatoms. The molecule has 0 fully saturated rings. The summed E-state index contributed by atoms with van der Waals surface area (Å²) in [6, 6.07) is 5.13. The molecule has 1 unspecified atom stereocenters. The second-order valence-electron chi connectivity index (χ2n) is 4.16. The van der Waals surface area contributed by atoms with Crippen LogP contribution in [0, 0.1) is 5.82 Å². The lowest BCUT2D eigenvalue weighted by molar-refractivity contribution is -0.148. The Kier molecular flexibility index (Phi) is 6.75. The highest BCUT2D eigenvalue weighted by Gasteiger charge is 2.16. The van der Waals surface area contributed by atoms with E-state index in [0.29, 0.717) is 5.69 Å². The van der Waals surface area contributed by atoms with E-state index >= 15 is 0 Å². The number of esters is 2. The number of hydrogen-bond acceptors (Lipinski definition) is 5. The SMILES string of the molecule is CCOC(=O)/C=C/C(=O)OC(C)C(=O)Nc1ccc(F)cc1. The van der Waals surface area contributed by atoms with Crippen molar-refractivity contribution in [2.45, 2.75) is 20.0 Å². The number of ether oxygens (including phenoxy) is 2. The molecule has 0 heterocycles. The zero-order valence-electron chi connectivity index (χ0n) is 12.2. The number of carbonyl (C=O) groups excluding carboxylic acids is 3. The Labute approximate surface area is 126 Å². The van der Waals surface area contributed by atoms with Gasteiger partial charge in [-0.05, 0) is 38.1 Å². The lowest BCUT2D eigenvalue weighted by atomic mass is 10.3. The lowest BCUT2D eigenvalue weighted by Gasteiger charge is -2.12. The molecular weight excluding hydrogens is 293 g/mol. The topological polar surface area (TPSA) is 81.7 Å². The number of nitrogens with one attached hydrogen (secondary N) is 1. The Bertz CT molecular complexity index is 568. The minimum absolute atomic E-state index is 0.189. The third-order valence-corrected chi connectivity index (χ3v) is 2.42. The van der Waals surface area contributed by atoms with Crippen molar-refractivity contribution in [3.63, 3.8) is 0 Å². The average Bonchev–Trinajstić information content (AvgIpc) is 2.47. The summed E-state index contributed by atoms with van der Waals surface area (Å²) in [4.78, 5) is 34.2. The average molecular weight is 309 g/mol. The van der Waals surface area contributed by atoms with E-state index in [1.165, 1.54) is 31.2 Å². The highest BCUT2D eigenvalue weighted by atomic mass is 19.1.